The smallest absolute Gasteiger partial charge is 0.337 e. The Balaban J connectivity index is 2.36. The van der Waals surface area contributed by atoms with Crippen LogP contribution in [-0.4, -0.2) is 17.6 Å². The number of rotatable bonds is 5. The van der Waals surface area contributed by atoms with Gasteiger partial charge in [0.1, 0.15) is 0 Å². The molecular formula is C16H18N2O2. The number of carbonyl (C=O) groups is 1. The zero-order valence-corrected chi connectivity index (χ0v) is 11.7. The van der Waals surface area contributed by atoms with Crippen molar-refractivity contribution in [1.29, 1.82) is 0 Å². The van der Waals surface area contributed by atoms with Gasteiger partial charge in [-0.15, -0.1) is 0 Å². The van der Waals surface area contributed by atoms with Crippen molar-refractivity contribution in [2.45, 2.75) is 19.4 Å². The number of nitrogens with one attached hydrogen (secondary N) is 1. The van der Waals surface area contributed by atoms with Crippen LogP contribution < -0.4 is 5.32 Å². The Hall–Kier alpha value is -2.36. The van der Waals surface area contributed by atoms with Crippen molar-refractivity contribution in [2.75, 3.05) is 11.9 Å². The number of benzene rings is 1. The molecule has 1 aromatic carbocycles. The van der Waals surface area contributed by atoms with E-state index in [1.54, 1.807) is 20.0 Å². The zero-order valence-electron chi connectivity index (χ0n) is 11.7. The first-order chi connectivity index (χ1) is 9.66. The minimum atomic E-state index is -1.02. The third-order valence-electron chi connectivity index (χ3n) is 3.03. The second-order valence-electron chi connectivity index (χ2n) is 4.55. The number of hydrogen-bond donors (Lipinski definition) is 1. The van der Waals surface area contributed by atoms with Gasteiger partial charge in [-0.2, -0.15) is 0 Å². The number of nitrogens with zero attached hydrogens (tertiary/aromatic N) is 1. The number of aromatic nitrogens is 1. The second kappa shape index (κ2) is 6.19. The van der Waals surface area contributed by atoms with Gasteiger partial charge in [-0.25, -0.2) is 4.79 Å². The summed E-state index contributed by atoms with van der Waals surface area (Å²) < 4.78 is 5.19. The Morgan fingerprint density at radius 1 is 1.20 bits per heavy atom. The van der Waals surface area contributed by atoms with Crippen LogP contribution in [0.4, 0.5) is 5.69 Å². The third kappa shape index (κ3) is 2.96. The van der Waals surface area contributed by atoms with Crippen molar-refractivity contribution in [3.63, 3.8) is 0 Å². The van der Waals surface area contributed by atoms with Crippen LogP contribution in [0.3, 0.4) is 0 Å². The first-order valence-electron chi connectivity index (χ1n) is 6.59. The van der Waals surface area contributed by atoms with Crippen molar-refractivity contribution < 1.29 is 9.53 Å². The van der Waals surface area contributed by atoms with Gasteiger partial charge >= 0.3 is 5.97 Å². The van der Waals surface area contributed by atoms with Gasteiger partial charge in [0, 0.05) is 11.9 Å². The van der Waals surface area contributed by atoms with Crippen molar-refractivity contribution in [1.82, 2.24) is 4.98 Å². The maximum absolute atomic E-state index is 12.3. The molecule has 20 heavy (non-hydrogen) atoms. The number of pyridine rings is 1. The van der Waals surface area contributed by atoms with E-state index in [1.165, 1.54) is 0 Å². The number of hydrogen-bond acceptors (Lipinski definition) is 4. The van der Waals surface area contributed by atoms with E-state index in [9.17, 15) is 4.79 Å². The van der Waals surface area contributed by atoms with Gasteiger partial charge in [0.15, 0.2) is 5.54 Å². The molecule has 0 saturated carbocycles. The lowest BCUT2D eigenvalue weighted by Gasteiger charge is -2.29. The van der Waals surface area contributed by atoms with Crippen molar-refractivity contribution >= 4 is 11.7 Å². The van der Waals surface area contributed by atoms with Crippen molar-refractivity contribution in [2.24, 2.45) is 0 Å². The molecule has 104 valence electrons. The molecule has 4 heteroatoms. The lowest BCUT2D eigenvalue weighted by atomic mass is 9.96. The highest BCUT2D eigenvalue weighted by Gasteiger charge is 2.38. The van der Waals surface area contributed by atoms with E-state index in [4.69, 9.17) is 4.74 Å². The standard InChI is InChI=1S/C16H18N2O2/c1-3-20-15(19)16(2,14-11-7-8-12-17-14)18-13-9-5-4-6-10-13/h4-12,18H,3H2,1-2H3. The van der Waals surface area contributed by atoms with Crippen molar-refractivity contribution in [3.8, 4) is 0 Å². The third-order valence-corrected chi connectivity index (χ3v) is 3.03. The molecule has 1 N–H and O–H groups in total. The van der Waals surface area contributed by atoms with Gasteiger partial charge in [-0.3, -0.25) is 4.98 Å². The minimum absolute atomic E-state index is 0.331. The van der Waals surface area contributed by atoms with Crippen LogP contribution in [-0.2, 0) is 15.1 Å². The number of ether oxygens (including phenoxy) is 1. The summed E-state index contributed by atoms with van der Waals surface area (Å²) in [5, 5.41) is 3.22. The van der Waals surface area contributed by atoms with E-state index >= 15 is 0 Å². The Kier molecular flexibility index (Phi) is 4.35. The Morgan fingerprint density at radius 3 is 2.50 bits per heavy atom. The highest BCUT2D eigenvalue weighted by atomic mass is 16.5. The van der Waals surface area contributed by atoms with Gasteiger partial charge < -0.3 is 10.1 Å². The largest absolute Gasteiger partial charge is 0.464 e. The van der Waals surface area contributed by atoms with Crippen LogP contribution in [0.15, 0.2) is 54.7 Å². The quantitative estimate of drug-likeness (QED) is 0.849. The molecule has 0 saturated heterocycles. The summed E-state index contributed by atoms with van der Waals surface area (Å²) in [5.74, 6) is -0.345. The van der Waals surface area contributed by atoms with Gasteiger partial charge in [0.2, 0.25) is 0 Å². The van der Waals surface area contributed by atoms with E-state index in [1.807, 2.05) is 48.5 Å². The molecule has 1 atom stereocenters. The molecule has 0 radical (unpaired) electrons. The van der Waals surface area contributed by atoms with Gasteiger partial charge in [-0.05, 0) is 38.1 Å². The topological polar surface area (TPSA) is 51.2 Å². The van der Waals surface area contributed by atoms with Crippen LogP contribution in [0.25, 0.3) is 0 Å². The molecule has 2 aromatic rings. The van der Waals surface area contributed by atoms with Crippen LogP contribution in [0.2, 0.25) is 0 Å². The van der Waals surface area contributed by atoms with Gasteiger partial charge in [0.25, 0.3) is 0 Å². The zero-order chi connectivity index (χ0) is 14.4. The average molecular weight is 270 g/mol. The van der Waals surface area contributed by atoms with Gasteiger partial charge in [0.05, 0.1) is 12.3 Å². The second-order valence-corrected chi connectivity index (χ2v) is 4.55. The molecule has 2 rings (SSSR count). The number of carbonyl (C=O) groups excluding carboxylic acids is 1. The Morgan fingerprint density at radius 2 is 1.90 bits per heavy atom. The summed E-state index contributed by atoms with van der Waals surface area (Å²) in [5.41, 5.74) is 0.453. The van der Waals surface area contributed by atoms with Crippen LogP contribution in [0, 0.1) is 0 Å². The molecule has 1 aromatic heterocycles. The summed E-state index contributed by atoms with van der Waals surface area (Å²) in [7, 11) is 0. The average Bonchev–Trinajstić information content (AvgIpc) is 2.49. The maximum atomic E-state index is 12.3. The normalized spacial score (nSPS) is 13.3. The molecule has 1 heterocycles. The highest BCUT2D eigenvalue weighted by molar-refractivity contribution is 5.85. The van der Waals surface area contributed by atoms with Crippen LogP contribution in [0.5, 0.6) is 0 Å². The fraction of sp³-hybridized carbons (Fsp3) is 0.250. The lowest BCUT2D eigenvalue weighted by Crippen LogP contribution is -2.42. The van der Waals surface area contributed by atoms with Crippen LogP contribution in [0.1, 0.15) is 19.5 Å². The summed E-state index contributed by atoms with van der Waals surface area (Å²) >= 11 is 0. The molecule has 4 nitrogen and oxygen atoms in total. The fourth-order valence-electron chi connectivity index (χ4n) is 1.96. The molecule has 1 unspecified atom stereocenters. The van der Waals surface area contributed by atoms with E-state index in [0.717, 1.165) is 5.69 Å². The van der Waals surface area contributed by atoms with E-state index in [0.29, 0.717) is 12.3 Å². The maximum Gasteiger partial charge on any atom is 0.337 e. The number of anilines is 1. The molecule has 0 amide bonds. The molecule has 0 fully saturated rings. The first kappa shape index (κ1) is 14.1. The van der Waals surface area contributed by atoms with E-state index in [-0.39, 0.29) is 5.97 Å². The summed E-state index contributed by atoms with van der Waals surface area (Å²) in [6, 6.07) is 15.0. The Bertz CT molecular complexity index is 557. The minimum Gasteiger partial charge on any atom is -0.464 e. The molecule has 0 aliphatic carbocycles. The molecule has 0 bridgehead atoms. The number of esters is 1. The SMILES string of the molecule is CCOC(=O)C(C)(Nc1ccccc1)c1ccccn1. The predicted molar refractivity (Wildman–Crippen MR) is 78.3 cm³/mol. The van der Waals surface area contributed by atoms with Crippen molar-refractivity contribution in [3.05, 3.63) is 60.4 Å². The van der Waals surface area contributed by atoms with E-state index < -0.39 is 5.54 Å². The van der Waals surface area contributed by atoms with Gasteiger partial charge in [-0.1, -0.05) is 24.3 Å². The highest BCUT2D eigenvalue weighted by Crippen LogP contribution is 2.26. The first-order valence-corrected chi connectivity index (χ1v) is 6.59. The lowest BCUT2D eigenvalue weighted by molar-refractivity contribution is -0.148. The van der Waals surface area contributed by atoms with E-state index in [2.05, 4.69) is 10.3 Å². The molecular weight excluding hydrogens is 252 g/mol. The summed E-state index contributed by atoms with van der Waals surface area (Å²) in [6.07, 6.45) is 1.67. The number of para-hydroxylation sites is 1. The molecule has 0 spiro atoms. The van der Waals surface area contributed by atoms with Crippen LogP contribution >= 0.6 is 0 Å². The monoisotopic (exact) mass is 270 g/mol. The summed E-state index contributed by atoms with van der Waals surface area (Å²) in [6.45, 7) is 3.90. The molecule has 0 aliphatic rings. The predicted octanol–water partition coefficient (Wildman–Crippen LogP) is 2.97. The summed E-state index contributed by atoms with van der Waals surface area (Å²) in [4.78, 5) is 16.6. The fourth-order valence-corrected chi connectivity index (χ4v) is 1.96. The Labute approximate surface area is 118 Å². The molecule has 0 aliphatic heterocycles.